The van der Waals surface area contributed by atoms with Crippen molar-refractivity contribution in [2.75, 3.05) is 31.6 Å². The number of hydrogen-bond acceptors (Lipinski definition) is 8. The maximum Gasteiger partial charge on any atom is 0.280 e. The van der Waals surface area contributed by atoms with Gasteiger partial charge in [-0.2, -0.15) is 4.68 Å². The van der Waals surface area contributed by atoms with E-state index in [1.807, 2.05) is 0 Å². The van der Waals surface area contributed by atoms with Crippen molar-refractivity contribution in [1.82, 2.24) is 25.6 Å². The van der Waals surface area contributed by atoms with Gasteiger partial charge in [0.15, 0.2) is 0 Å². The van der Waals surface area contributed by atoms with Gasteiger partial charge in [0.2, 0.25) is 11.8 Å². The number of imide groups is 1. The average Bonchev–Trinajstić information content (AvgIpc) is 2.75. The number of carbonyl (C=O) groups excluding carboxylic acids is 3. The molecule has 2 aromatic rings. The molecule has 1 aromatic carbocycles. The molecule has 0 saturated carbocycles. The summed E-state index contributed by atoms with van der Waals surface area (Å²) in [5.41, 5.74) is 0.640. The van der Waals surface area contributed by atoms with Crippen LogP contribution in [0.25, 0.3) is 10.9 Å². The SMILES string of the molecule is CC(=O)NCCCOCCCCNc1cccc2nnn(C3CCC(=O)NC3=O)c(=O)c12. The van der Waals surface area contributed by atoms with E-state index in [0.29, 0.717) is 42.9 Å². The van der Waals surface area contributed by atoms with Crippen LogP contribution in [0.4, 0.5) is 5.69 Å². The topological polar surface area (TPSA) is 144 Å². The van der Waals surface area contributed by atoms with Crippen LogP contribution in [0.15, 0.2) is 23.0 Å². The lowest BCUT2D eigenvalue weighted by Gasteiger charge is -2.21. The van der Waals surface area contributed by atoms with Gasteiger partial charge in [-0.1, -0.05) is 11.3 Å². The number of unbranched alkanes of at least 4 members (excludes halogenated alkanes) is 1. The van der Waals surface area contributed by atoms with Gasteiger partial charge in [0.1, 0.15) is 11.6 Å². The monoisotopic (exact) mass is 444 g/mol. The highest BCUT2D eigenvalue weighted by atomic mass is 16.5. The van der Waals surface area contributed by atoms with Crippen molar-refractivity contribution in [3.8, 4) is 0 Å². The fraction of sp³-hybridized carbons (Fsp3) is 0.524. The molecule has 3 rings (SSSR count). The molecule has 0 aliphatic carbocycles. The number of rotatable bonds is 11. The number of ether oxygens (including phenoxy) is 1. The number of hydrogen-bond donors (Lipinski definition) is 3. The van der Waals surface area contributed by atoms with Crippen LogP contribution in [0.1, 0.15) is 45.1 Å². The first kappa shape index (κ1) is 23.3. The Morgan fingerprint density at radius 1 is 1.19 bits per heavy atom. The molecule has 1 fully saturated rings. The molecule has 0 radical (unpaired) electrons. The van der Waals surface area contributed by atoms with E-state index in [2.05, 4.69) is 26.3 Å². The molecule has 0 spiro atoms. The van der Waals surface area contributed by atoms with Gasteiger partial charge >= 0.3 is 0 Å². The van der Waals surface area contributed by atoms with Crippen LogP contribution in [-0.4, -0.2) is 59.0 Å². The first-order chi connectivity index (χ1) is 15.5. The molecule has 172 valence electrons. The van der Waals surface area contributed by atoms with Crippen molar-refractivity contribution in [3.05, 3.63) is 28.6 Å². The highest BCUT2D eigenvalue weighted by molar-refractivity contribution is 5.99. The van der Waals surface area contributed by atoms with Crippen LogP contribution >= 0.6 is 0 Å². The standard InChI is InChI=1S/C21H28N6O5/c1-14(28)22-11-5-13-32-12-3-2-10-23-15-6-4-7-16-19(15)21(31)27(26-25-16)17-8-9-18(29)24-20(17)30/h4,6-7,17,23H,2-3,5,8-13H2,1H3,(H,22,28)(H,24,29,30). The van der Waals surface area contributed by atoms with Crippen LogP contribution in [-0.2, 0) is 19.1 Å². The molecule has 0 bridgehead atoms. The van der Waals surface area contributed by atoms with E-state index >= 15 is 0 Å². The van der Waals surface area contributed by atoms with Gasteiger partial charge < -0.3 is 15.4 Å². The third kappa shape index (κ3) is 6.10. The van der Waals surface area contributed by atoms with Gasteiger partial charge in [0, 0.05) is 45.3 Å². The van der Waals surface area contributed by atoms with Gasteiger partial charge in [0.25, 0.3) is 11.5 Å². The summed E-state index contributed by atoms with van der Waals surface area (Å²) in [6.07, 6.45) is 2.82. The summed E-state index contributed by atoms with van der Waals surface area (Å²) >= 11 is 0. The summed E-state index contributed by atoms with van der Waals surface area (Å²) in [6, 6.07) is 4.41. The van der Waals surface area contributed by atoms with Crippen molar-refractivity contribution in [2.24, 2.45) is 0 Å². The van der Waals surface area contributed by atoms with Gasteiger partial charge in [-0.05, 0) is 37.8 Å². The second kappa shape index (κ2) is 11.3. The van der Waals surface area contributed by atoms with E-state index in [0.717, 1.165) is 23.9 Å². The van der Waals surface area contributed by atoms with Crippen LogP contribution in [0, 0.1) is 0 Å². The van der Waals surface area contributed by atoms with E-state index in [1.54, 1.807) is 18.2 Å². The van der Waals surface area contributed by atoms with Gasteiger partial charge in [0.05, 0.1) is 5.39 Å². The first-order valence-electron chi connectivity index (χ1n) is 10.8. The molecule has 11 heteroatoms. The minimum Gasteiger partial charge on any atom is -0.384 e. The Bertz CT molecular complexity index is 1040. The van der Waals surface area contributed by atoms with E-state index in [1.165, 1.54) is 6.92 Å². The Hall–Kier alpha value is -3.34. The fourth-order valence-corrected chi connectivity index (χ4v) is 3.46. The van der Waals surface area contributed by atoms with Crippen molar-refractivity contribution in [2.45, 2.75) is 45.1 Å². The minimum atomic E-state index is -0.854. The molecule has 1 aliphatic rings. The van der Waals surface area contributed by atoms with Crippen LogP contribution in [0.3, 0.4) is 0 Å². The Kier molecular flexibility index (Phi) is 8.26. The Balaban J connectivity index is 1.54. The number of amides is 3. The van der Waals surface area contributed by atoms with Crippen molar-refractivity contribution in [3.63, 3.8) is 0 Å². The molecule has 1 aliphatic heterocycles. The average molecular weight is 444 g/mol. The molecule has 3 N–H and O–H groups in total. The molecular weight excluding hydrogens is 416 g/mol. The number of carbonyl (C=O) groups is 3. The van der Waals surface area contributed by atoms with E-state index in [4.69, 9.17) is 4.74 Å². The summed E-state index contributed by atoms with van der Waals surface area (Å²) in [6.45, 7) is 3.94. The first-order valence-corrected chi connectivity index (χ1v) is 10.8. The lowest BCUT2D eigenvalue weighted by molar-refractivity contribution is -0.136. The Morgan fingerprint density at radius 2 is 2.00 bits per heavy atom. The number of anilines is 1. The highest BCUT2D eigenvalue weighted by Crippen LogP contribution is 2.20. The van der Waals surface area contributed by atoms with Crippen LogP contribution in [0.5, 0.6) is 0 Å². The summed E-state index contributed by atoms with van der Waals surface area (Å²) in [5.74, 6) is -0.939. The van der Waals surface area contributed by atoms with Gasteiger partial charge in [-0.25, -0.2) is 0 Å². The van der Waals surface area contributed by atoms with Crippen molar-refractivity contribution < 1.29 is 19.1 Å². The zero-order chi connectivity index (χ0) is 22.9. The number of nitrogens with one attached hydrogen (secondary N) is 3. The lowest BCUT2D eigenvalue weighted by atomic mass is 10.1. The maximum absolute atomic E-state index is 13.1. The van der Waals surface area contributed by atoms with E-state index in [9.17, 15) is 19.2 Å². The third-order valence-corrected chi connectivity index (χ3v) is 5.09. The molecule has 3 amide bonds. The number of benzene rings is 1. The molecule has 1 unspecified atom stereocenters. The zero-order valence-corrected chi connectivity index (χ0v) is 18.1. The molecular formula is C21H28N6O5. The molecule has 32 heavy (non-hydrogen) atoms. The van der Waals surface area contributed by atoms with Crippen LogP contribution < -0.4 is 21.5 Å². The lowest BCUT2D eigenvalue weighted by Crippen LogP contribution is -2.45. The van der Waals surface area contributed by atoms with Gasteiger partial charge in [-0.15, -0.1) is 5.10 Å². The maximum atomic E-state index is 13.1. The molecule has 2 heterocycles. The number of piperidine rings is 1. The summed E-state index contributed by atoms with van der Waals surface area (Å²) < 4.78 is 6.60. The molecule has 1 saturated heterocycles. The number of nitrogens with zero attached hydrogens (tertiary/aromatic N) is 3. The van der Waals surface area contributed by atoms with Crippen molar-refractivity contribution in [1.29, 1.82) is 0 Å². The zero-order valence-electron chi connectivity index (χ0n) is 18.1. The number of fused-ring (bicyclic) bond motifs is 1. The molecule has 11 nitrogen and oxygen atoms in total. The largest absolute Gasteiger partial charge is 0.384 e. The normalized spacial score (nSPS) is 16.1. The van der Waals surface area contributed by atoms with Crippen LogP contribution in [0.2, 0.25) is 0 Å². The van der Waals surface area contributed by atoms with Gasteiger partial charge in [-0.3, -0.25) is 24.5 Å². The highest BCUT2D eigenvalue weighted by Gasteiger charge is 2.30. The Labute approximate surface area is 184 Å². The second-order valence-electron chi connectivity index (χ2n) is 7.59. The van der Waals surface area contributed by atoms with E-state index in [-0.39, 0.29) is 24.7 Å². The van der Waals surface area contributed by atoms with Crippen molar-refractivity contribution >= 4 is 34.3 Å². The predicted octanol–water partition coefficient (Wildman–Crippen LogP) is 0.504. The summed E-state index contributed by atoms with van der Waals surface area (Å²) in [4.78, 5) is 47.4. The number of aromatic nitrogens is 3. The third-order valence-electron chi connectivity index (χ3n) is 5.09. The predicted molar refractivity (Wildman–Crippen MR) is 117 cm³/mol. The minimum absolute atomic E-state index is 0.0423. The fourth-order valence-electron chi connectivity index (χ4n) is 3.46. The van der Waals surface area contributed by atoms with E-state index < -0.39 is 17.5 Å². The second-order valence-corrected chi connectivity index (χ2v) is 7.59. The Morgan fingerprint density at radius 3 is 2.78 bits per heavy atom. The summed E-state index contributed by atoms with van der Waals surface area (Å²) in [7, 11) is 0. The molecule has 1 aromatic heterocycles. The smallest absolute Gasteiger partial charge is 0.280 e. The quantitative estimate of drug-likeness (QED) is 0.336. The molecule has 1 atom stereocenters. The summed E-state index contributed by atoms with van der Waals surface area (Å²) in [5, 5.41) is 16.6.